The number of aromatic nitrogens is 5. The predicted molar refractivity (Wildman–Crippen MR) is 112 cm³/mol. The molecular weight excluding hydrogens is 401 g/mol. The molecule has 4 N–H and O–H groups in total. The summed E-state index contributed by atoms with van der Waals surface area (Å²) in [6.45, 7) is 1.86. The number of aromatic hydroxyl groups is 1. The van der Waals surface area contributed by atoms with Gasteiger partial charge in [0.1, 0.15) is 17.3 Å². The van der Waals surface area contributed by atoms with Gasteiger partial charge >= 0.3 is 5.69 Å². The van der Waals surface area contributed by atoms with Gasteiger partial charge < -0.3 is 15.4 Å². The fraction of sp³-hybridized carbons (Fsp3) is 0.238. The molecule has 1 fully saturated rings. The number of rotatable bonds is 5. The van der Waals surface area contributed by atoms with Gasteiger partial charge in [0, 0.05) is 16.8 Å². The maximum absolute atomic E-state index is 14.2. The Hall–Kier alpha value is -3.95. The number of benzene rings is 1. The summed E-state index contributed by atoms with van der Waals surface area (Å²) >= 11 is 0. The summed E-state index contributed by atoms with van der Waals surface area (Å²) in [6, 6.07) is 8.30. The molecule has 0 spiro atoms. The molecule has 1 unspecified atom stereocenters. The summed E-state index contributed by atoms with van der Waals surface area (Å²) in [5.74, 6) is -0.0454. The van der Waals surface area contributed by atoms with Gasteiger partial charge in [0.25, 0.3) is 0 Å². The highest BCUT2D eigenvalue weighted by molar-refractivity contribution is 5.58. The van der Waals surface area contributed by atoms with Crippen molar-refractivity contribution in [2.75, 3.05) is 5.32 Å². The van der Waals surface area contributed by atoms with Gasteiger partial charge in [0.15, 0.2) is 11.1 Å². The number of nitrogens with one attached hydrogen (secondary N) is 3. The zero-order chi connectivity index (χ0) is 21.5. The maximum Gasteiger partial charge on any atom is 0.326 e. The van der Waals surface area contributed by atoms with Gasteiger partial charge in [0.05, 0.1) is 18.3 Å². The first-order chi connectivity index (χ1) is 15.0. The molecule has 3 aromatic heterocycles. The fourth-order valence-corrected chi connectivity index (χ4v) is 3.40. The van der Waals surface area contributed by atoms with Gasteiger partial charge in [-0.2, -0.15) is 9.61 Å². The van der Waals surface area contributed by atoms with Crippen LogP contribution in [0.2, 0.25) is 0 Å². The van der Waals surface area contributed by atoms with Crippen LogP contribution < -0.4 is 21.7 Å². The van der Waals surface area contributed by atoms with E-state index in [1.165, 1.54) is 6.07 Å². The molecule has 10 heteroatoms. The second-order valence-electron chi connectivity index (χ2n) is 7.57. The quantitative estimate of drug-likeness (QED) is 0.388. The zero-order valence-electron chi connectivity index (χ0n) is 16.6. The molecule has 5 rings (SSSR count). The van der Waals surface area contributed by atoms with E-state index in [2.05, 4.69) is 25.4 Å². The van der Waals surface area contributed by atoms with Crippen LogP contribution in [-0.4, -0.2) is 35.7 Å². The van der Waals surface area contributed by atoms with Crippen molar-refractivity contribution in [1.29, 1.82) is 0 Å². The van der Waals surface area contributed by atoms with Crippen LogP contribution in [0.5, 0.6) is 5.88 Å². The summed E-state index contributed by atoms with van der Waals surface area (Å²) in [5.41, 5.74) is 1.35. The number of hydrogen-bond donors (Lipinski definition) is 4. The number of nitrogens with zero attached hydrogens (tertiary/aromatic N) is 4. The Labute approximate surface area is 175 Å². The van der Waals surface area contributed by atoms with Gasteiger partial charge in [-0.25, -0.2) is 14.2 Å². The summed E-state index contributed by atoms with van der Waals surface area (Å²) in [4.78, 5) is 25.6. The van der Waals surface area contributed by atoms with Crippen LogP contribution in [0.1, 0.15) is 37.1 Å². The number of imidazole rings is 1. The van der Waals surface area contributed by atoms with E-state index >= 15 is 0 Å². The largest absolute Gasteiger partial charge is 0.493 e. The SMILES string of the molecule is CC(Nc1cc(=NC2CC2)n2ncc(=Cc3[nH]c(=O)[nH]c3O)c2n1)c1ccccc1F. The van der Waals surface area contributed by atoms with Gasteiger partial charge in [-0.1, -0.05) is 18.2 Å². The van der Waals surface area contributed by atoms with Gasteiger partial charge in [-0.05, 0) is 31.9 Å². The summed E-state index contributed by atoms with van der Waals surface area (Å²) in [7, 11) is 0. The van der Waals surface area contributed by atoms with E-state index in [0.29, 0.717) is 27.7 Å². The van der Waals surface area contributed by atoms with Crippen LogP contribution in [0, 0.1) is 5.82 Å². The highest BCUT2D eigenvalue weighted by atomic mass is 19.1. The Morgan fingerprint density at radius 1 is 1.35 bits per heavy atom. The number of H-pyrrole nitrogens is 2. The van der Waals surface area contributed by atoms with E-state index in [4.69, 9.17) is 4.99 Å². The highest BCUT2D eigenvalue weighted by Gasteiger charge is 2.20. The minimum Gasteiger partial charge on any atom is -0.493 e. The van der Waals surface area contributed by atoms with Gasteiger partial charge in [-0.3, -0.25) is 9.98 Å². The van der Waals surface area contributed by atoms with Crippen molar-refractivity contribution in [2.45, 2.75) is 31.8 Å². The molecule has 0 amide bonds. The third kappa shape index (κ3) is 3.79. The predicted octanol–water partition coefficient (Wildman–Crippen LogP) is 1.37. The Kier molecular flexibility index (Phi) is 4.54. The third-order valence-electron chi connectivity index (χ3n) is 5.11. The minimum atomic E-state index is -0.515. The molecule has 1 saturated carbocycles. The molecule has 0 aliphatic heterocycles. The molecule has 3 heterocycles. The summed E-state index contributed by atoms with van der Waals surface area (Å²) in [6.07, 6.45) is 5.21. The van der Waals surface area contributed by atoms with Crippen molar-refractivity contribution in [1.82, 2.24) is 24.6 Å². The number of fused-ring (bicyclic) bond motifs is 1. The Morgan fingerprint density at radius 2 is 2.16 bits per heavy atom. The van der Waals surface area contributed by atoms with Crippen molar-refractivity contribution in [3.63, 3.8) is 0 Å². The molecule has 9 nitrogen and oxygen atoms in total. The van der Waals surface area contributed by atoms with Crippen molar-refractivity contribution in [2.24, 2.45) is 4.99 Å². The lowest BCUT2D eigenvalue weighted by molar-refractivity contribution is 0.454. The van der Waals surface area contributed by atoms with Crippen molar-refractivity contribution < 1.29 is 9.50 Å². The van der Waals surface area contributed by atoms with Crippen LogP contribution in [0.4, 0.5) is 10.2 Å². The Bertz CT molecular complexity index is 1450. The molecule has 158 valence electrons. The highest BCUT2D eigenvalue weighted by Crippen LogP contribution is 2.23. The lowest BCUT2D eigenvalue weighted by Crippen LogP contribution is -2.21. The van der Waals surface area contributed by atoms with Crippen LogP contribution in [-0.2, 0) is 0 Å². The monoisotopic (exact) mass is 421 g/mol. The number of hydrogen-bond acceptors (Lipinski definition) is 6. The average molecular weight is 421 g/mol. The molecule has 1 aliphatic carbocycles. The average Bonchev–Trinajstić information content (AvgIpc) is 3.37. The van der Waals surface area contributed by atoms with Crippen molar-refractivity contribution in [3.8, 4) is 5.88 Å². The molecule has 1 aliphatic rings. The van der Waals surface area contributed by atoms with Crippen LogP contribution in [0.25, 0.3) is 11.7 Å². The van der Waals surface area contributed by atoms with Crippen LogP contribution in [0.15, 0.2) is 46.3 Å². The summed E-state index contributed by atoms with van der Waals surface area (Å²) < 4.78 is 15.8. The molecule has 0 radical (unpaired) electrons. The molecule has 0 saturated heterocycles. The van der Waals surface area contributed by atoms with Crippen molar-refractivity contribution in [3.05, 3.63) is 74.8 Å². The van der Waals surface area contributed by atoms with E-state index in [-0.39, 0.29) is 29.5 Å². The number of anilines is 1. The second kappa shape index (κ2) is 7.38. The van der Waals surface area contributed by atoms with E-state index in [1.54, 1.807) is 41.1 Å². The first-order valence-electron chi connectivity index (χ1n) is 9.94. The number of halogens is 1. The molecule has 4 aromatic rings. The second-order valence-corrected chi connectivity index (χ2v) is 7.57. The Morgan fingerprint density at radius 3 is 2.87 bits per heavy atom. The first kappa shape index (κ1) is 19.0. The normalized spacial score (nSPS) is 16.2. The van der Waals surface area contributed by atoms with Crippen molar-refractivity contribution >= 4 is 17.5 Å². The minimum absolute atomic E-state index is 0.223. The standard InChI is InChI=1S/C21H20FN7O2/c1-11(14-4-2-3-5-15(14)22)24-17-9-18(25-13-6-7-13)29-19(27-17)12(10-23-29)8-16-20(30)28-21(31)26-16/h2-5,8-11,13,24,30H,6-7H2,1H3,(H2,26,28,31). The lowest BCUT2D eigenvalue weighted by atomic mass is 10.1. The molecule has 31 heavy (non-hydrogen) atoms. The summed E-state index contributed by atoms with van der Waals surface area (Å²) in [5, 5.41) is 18.1. The van der Waals surface area contributed by atoms with E-state index < -0.39 is 5.69 Å². The fourth-order valence-electron chi connectivity index (χ4n) is 3.40. The molecule has 0 bridgehead atoms. The van der Waals surface area contributed by atoms with E-state index in [1.807, 2.05) is 6.92 Å². The van der Waals surface area contributed by atoms with E-state index in [0.717, 1.165) is 12.8 Å². The molecule has 1 atom stereocenters. The van der Waals surface area contributed by atoms with Crippen LogP contribution in [0.3, 0.4) is 0 Å². The maximum atomic E-state index is 14.2. The smallest absolute Gasteiger partial charge is 0.326 e. The third-order valence-corrected chi connectivity index (χ3v) is 5.11. The number of aromatic amines is 2. The van der Waals surface area contributed by atoms with Gasteiger partial charge in [0.2, 0.25) is 5.88 Å². The lowest BCUT2D eigenvalue weighted by Gasteiger charge is -2.15. The van der Waals surface area contributed by atoms with E-state index in [9.17, 15) is 14.3 Å². The topological polar surface area (TPSA) is 123 Å². The zero-order valence-corrected chi connectivity index (χ0v) is 16.6. The molecule has 1 aromatic carbocycles. The molecular formula is C21H20FN7O2. The van der Waals surface area contributed by atoms with Crippen LogP contribution >= 0.6 is 0 Å². The Balaban J connectivity index is 1.63. The van der Waals surface area contributed by atoms with Gasteiger partial charge in [-0.15, -0.1) is 0 Å². The first-order valence-corrected chi connectivity index (χ1v) is 9.94.